The summed E-state index contributed by atoms with van der Waals surface area (Å²) < 4.78 is 0. The Kier molecular flexibility index (Phi) is 2.95. The van der Waals surface area contributed by atoms with Crippen molar-refractivity contribution >= 4 is 11.6 Å². The van der Waals surface area contributed by atoms with Crippen LogP contribution in [0.3, 0.4) is 0 Å². The van der Waals surface area contributed by atoms with Gasteiger partial charge in [0.1, 0.15) is 0 Å². The highest BCUT2D eigenvalue weighted by Gasteiger charge is 2.29. The van der Waals surface area contributed by atoms with E-state index < -0.39 is 0 Å². The molecule has 2 nitrogen and oxygen atoms in total. The summed E-state index contributed by atoms with van der Waals surface area (Å²) in [6.07, 6.45) is 0. The monoisotopic (exact) mass is 220 g/mol. The number of halogens is 1. The van der Waals surface area contributed by atoms with Crippen LogP contribution >= 0.6 is 11.6 Å². The zero-order valence-electron chi connectivity index (χ0n) is 8.63. The Balaban J connectivity index is 2.33. The minimum atomic E-state index is 0.0465. The van der Waals surface area contributed by atoms with Crippen molar-refractivity contribution in [3.8, 4) is 6.07 Å². The molecular formula is C12H13ClN2. The lowest BCUT2D eigenvalue weighted by atomic mass is 9.89. The van der Waals surface area contributed by atoms with Crippen LogP contribution in [0.5, 0.6) is 0 Å². The molecule has 2 atom stereocenters. The first-order valence-corrected chi connectivity index (χ1v) is 5.46. The summed E-state index contributed by atoms with van der Waals surface area (Å²) in [4.78, 5) is 0. The van der Waals surface area contributed by atoms with E-state index in [4.69, 9.17) is 16.9 Å². The molecule has 1 heterocycles. The van der Waals surface area contributed by atoms with Crippen molar-refractivity contribution in [2.75, 3.05) is 13.1 Å². The summed E-state index contributed by atoms with van der Waals surface area (Å²) >= 11 is 6.19. The number of nitriles is 1. The Morgan fingerprint density at radius 1 is 1.47 bits per heavy atom. The van der Waals surface area contributed by atoms with Crippen LogP contribution in [0.4, 0.5) is 0 Å². The largest absolute Gasteiger partial charge is 0.315 e. The predicted octanol–water partition coefficient (Wildman–Crippen LogP) is 2.48. The molecule has 1 N–H and O–H groups in total. The highest BCUT2D eigenvalue weighted by molar-refractivity contribution is 6.31. The average molecular weight is 221 g/mol. The molecule has 0 spiro atoms. The molecule has 1 fully saturated rings. The molecule has 0 aliphatic carbocycles. The molecule has 0 amide bonds. The van der Waals surface area contributed by atoms with Crippen LogP contribution in [0.1, 0.15) is 17.0 Å². The van der Waals surface area contributed by atoms with E-state index in [9.17, 15) is 0 Å². The third-order valence-electron chi connectivity index (χ3n) is 2.94. The predicted molar refractivity (Wildman–Crippen MR) is 60.9 cm³/mol. The highest BCUT2D eigenvalue weighted by Crippen LogP contribution is 2.32. The maximum atomic E-state index is 9.01. The van der Waals surface area contributed by atoms with E-state index in [1.54, 1.807) is 0 Å². The first kappa shape index (κ1) is 10.5. The SMILES string of the molecule is Cc1ccc([C@H]2CNC[C@H]2C#N)c(Cl)c1. The van der Waals surface area contributed by atoms with E-state index in [0.717, 1.165) is 29.2 Å². The molecular weight excluding hydrogens is 208 g/mol. The molecule has 78 valence electrons. The van der Waals surface area contributed by atoms with Gasteiger partial charge in [0.2, 0.25) is 0 Å². The summed E-state index contributed by atoms with van der Waals surface area (Å²) in [6, 6.07) is 8.39. The molecule has 15 heavy (non-hydrogen) atoms. The van der Waals surface area contributed by atoms with E-state index in [0.29, 0.717) is 0 Å². The standard InChI is InChI=1S/C12H13ClN2/c1-8-2-3-10(12(13)4-8)11-7-15-6-9(11)5-14/h2-4,9,11,15H,6-7H2,1H3/t9-,11+/m1/s1. The fraction of sp³-hybridized carbons (Fsp3) is 0.417. The van der Waals surface area contributed by atoms with Crippen molar-refractivity contribution in [2.45, 2.75) is 12.8 Å². The summed E-state index contributed by atoms with van der Waals surface area (Å²) in [7, 11) is 0. The van der Waals surface area contributed by atoms with Gasteiger partial charge < -0.3 is 5.32 Å². The zero-order valence-corrected chi connectivity index (χ0v) is 9.38. The number of rotatable bonds is 1. The second-order valence-electron chi connectivity index (χ2n) is 4.03. The lowest BCUT2D eigenvalue weighted by molar-refractivity contribution is 0.646. The van der Waals surface area contributed by atoms with E-state index in [1.807, 2.05) is 25.1 Å². The van der Waals surface area contributed by atoms with Crippen molar-refractivity contribution in [1.29, 1.82) is 5.26 Å². The quantitative estimate of drug-likeness (QED) is 0.789. The van der Waals surface area contributed by atoms with Gasteiger partial charge in [0.05, 0.1) is 12.0 Å². The first-order chi connectivity index (χ1) is 7.22. The van der Waals surface area contributed by atoms with Crippen LogP contribution in [0, 0.1) is 24.2 Å². The molecule has 0 radical (unpaired) electrons. The van der Waals surface area contributed by atoms with Gasteiger partial charge in [-0.15, -0.1) is 0 Å². The van der Waals surface area contributed by atoms with Gasteiger partial charge in [-0.25, -0.2) is 0 Å². The highest BCUT2D eigenvalue weighted by atomic mass is 35.5. The lowest BCUT2D eigenvalue weighted by Gasteiger charge is -2.14. The summed E-state index contributed by atoms with van der Waals surface area (Å²) in [6.45, 7) is 3.64. The smallest absolute Gasteiger partial charge is 0.0676 e. The second-order valence-corrected chi connectivity index (χ2v) is 4.43. The molecule has 1 aromatic rings. The summed E-state index contributed by atoms with van der Waals surface area (Å²) in [5.74, 6) is 0.285. The third-order valence-corrected chi connectivity index (χ3v) is 3.26. The Morgan fingerprint density at radius 3 is 2.93 bits per heavy atom. The van der Waals surface area contributed by atoms with Crippen molar-refractivity contribution in [3.63, 3.8) is 0 Å². The van der Waals surface area contributed by atoms with Crippen LogP contribution < -0.4 is 5.32 Å². The normalized spacial score (nSPS) is 25.1. The van der Waals surface area contributed by atoms with Crippen molar-refractivity contribution in [3.05, 3.63) is 34.3 Å². The molecule has 1 aliphatic heterocycles. The van der Waals surface area contributed by atoms with Crippen LogP contribution in [-0.4, -0.2) is 13.1 Å². The Morgan fingerprint density at radius 2 is 2.27 bits per heavy atom. The van der Waals surface area contributed by atoms with Gasteiger partial charge in [-0.05, 0) is 24.1 Å². The average Bonchev–Trinajstić information content (AvgIpc) is 2.65. The fourth-order valence-corrected chi connectivity index (χ4v) is 2.45. The van der Waals surface area contributed by atoms with Crippen molar-refractivity contribution in [1.82, 2.24) is 5.32 Å². The van der Waals surface area contributed by atoms with E-state index in [2.05, 4.69) is 11.4 Å². The molecule has 1 aliphatic rings. The molecule has 0 saturated carbocycles. The van der Waals surface area contributed by atoms with Gasteiger partial charge in [0.25, 0.3) is 0 Å². The van der Waals surface area contributed by atoms with Crippen LogP contribution in [0.25, 0.3) is 0 Å². The first-order valence-electron chi connectivity index (χ1n) is 5.08. The van der Waals surface area contributed by atoms with Crippen LogP contribution in [0.15, 0.2) is 18.2 Å². The maximum Gasteiger partial charge on any atom is 0.0676 e. The van der Waals surface area contributed by atoms with Crippen molar-refractivity contribution < 1.29 is 0 Å². The fourth-order valence-electron chi connectivity index (χ4n) is 2.07. The van der Waals surface area contributed by atoms with Crippen LogP contribution in [0.2, 0.25) is 5.02 Å². The number of hydrogen-bond acceptors (Lipinski definition) is 2. The number of benzene rings is 1. The van der Waals surface area contributed by atoms with Gasteiger partial charge in [0.15, 0.2) is 0 Å². The molecule has 0 bridgehead atoms. The van der Waals surface area contributed by atoms with E-state index in [-0.39, 0.29) is 11.8 Å². The van der Waals surface area contributed by atoms with Gasteiger partial charge in [-0.1, -0.05) is 23.7 Å². The Labute approximate surface area is 94.9 Å². The molecule has 1 aromatic carbocycles. The maximum absolute atomic E-state index is 9.01. The van der Waals surface area contributed by atoms with E-state index >= 15 is 0 Å². The number of hydrogen-bond donors (Lipinski definition) is 1. The van der Waals surface area contributed by atoms with Crippen molar-refractivity contribution in [2.24, 2.45) is 5.92 Å². The molecule has 1 saturated heterocycles. The second kappa shape index (κ2) is 4.22. The third kappa shape index (κ3) is 1.99. The van der Waals surface area contributed by atoms with Gasteiger partial charge >= 0.3 is 0 Å². The van der Waals surface area contributed by atoms with Gasteiger partial charge in [-0.3, -0.25) is 0 Å². The zero-order chi connectivity index (χ0) is 10.8. The minimum absolute atomic E-state index is 0.0465. The molecule has 2 rings (SSSR count). The van der Waals surface area contributed by atoms with Gasteiger partial charge in [0, 0.05) is 24.0 Å². The Bertz CT molecular complexity index is 409. The Hall–Kier alpha value is -1.04. The number of nitrogens with one attached hydrogen (secondary N) is 1. The number of aryl methyl sites for hydroxylation is 1. The topological polar surface area (TPSA) is 35.8 Å². The minimum Gasteiger partial charge on any atom is -0.315 e. The molecule has 3 heteroatoms. The molecule has 0 aromatic heterocycles. The lowest BCUT2D eigenvalue weighted by Crippen LogP contribution is -2.09. The van der Waals surface area contributed by atoms with E-state index in [1.165, 1.54) is 0 Å². The summed E-state index contributed by atoms with van der Waals surface area (Å²) in [5.41, 5.74) is 2.25. The summed E-state index contributed by atoms with van der Waals surface area (Å²) in [5, 5.41) is 13.0. The van der Waals surface area contributed by atoms with Gasteiger partial charge in [-0.2, -0.15) is 5.26 Å². The van der Waals surface area contributed by atoms with Crippen LogP contribution in [-0.2, 0) is 0 Å². The molecule has 0 unspecified atom stereocenters. The number of nitrogens with zero attached hydrogens (tertiary/aromatic N) is 1.